The number of aromatic nitrogens is 2. The summed E-state index contributed by atoms with van der Waals surface area (Å²) in [4.78, 5) is 0. The molecule has 4 rings (SSSR count). The molecule has 0 amide bonds. The number of nitrogens with one attached hydrogen (secondary N) is 1. The molecule has 2 heteroatoms. The van der Waals surface area contributed by atoms with E-state index in [2.05, 4.69) is 58.7 Å². The van der Waals surface area contributed by atoms with Crippen LogP contribution >= 0.6 is 0 Å². The van der Waals surface area contributed by atoms with Gasteiger partial charge in [0.1, 0.15) is 0 Å². The number of hydrogen-bond donors (Lipinski definition) is 1. The standard InChI is InChI=1S/C17H12N2.C2H6/c1-2-6-12(7-3-1)17-15-10-13-8-4-5-9-14(13)11-16(15)18-19-17;1-2/h1-11H,(H,18,19);1-2H3. The van der Waals surface area contributed by atoms with E-state index in [1.54, 1.807) is 0 Å². The zero-order valence-corrected chi connectivity index (χ0v) is 12.3. The maximum absolute atomic E-state index is 4.46. The molecule has 0 saturated heterocycles. The Morgan fingerprint density at radius 1 is 0.762 bits per heavy atom. The third kappa shape index (κ3) is 2.40. The van der Waals surface area contributed by atoms with Crippen LogP contribution in [0.5, 0.6) is 0 Å². The average Bonchev–Trinajstić information content (AvgIpc) is 2.98. The lowest BCUT2D eigenvalue weighted by Crippen LogP contribution is -1.78. The summed E-state index contributed by atoms with van der Waals surface area (Å²) in [5.74, 6) is 0. The van der Waals surface area contributed by atoms with Crippen LogP contribution in [0.2, 0.25) is 0 Å². The fourth-order valence-electron chi connectivity index (χ4n) is 2.52. The Hall–Kier alpha value is -2.61. The van der Waals surface area contributed by atoms with E-state index >= 15 is 0 Å². The van der Waals surface area contributed by atoms with Gasteiger partial charge in [-0.25, -0.2) is 0 Å². The number of rotatable bonds is 1. The maximum Gasteiger partial charge on any atom is 0.0999 e. The van der Waals surface area contributed by atoms with Gasteiger partial charge in [0.25, 0.3) is 0 Å². The van der Waals surface area contributed by atoms with E-state index in [-0.39, 0.29) is 0 Å². The van der Waals surface area contributed by atoms with Crippen molar-refractivity contribution in [2.24, 2.45) is 0 Å². The van der Waals surface area contributed by atoms with Crippen molar-refractivity contribution in [2.75, 3.05) is 0 Å². The van der Waals surface area contributed by atoms with E-state index in [1.165, 1.54) is 16.2 Å². The Kier molecular flexibility index (Phi) is 3.69. The van der Waals surface area contributed by atoms with Crippen LogP contribution in [0.25, 0.3) is 32.9 Å². The van der Waals surface area contributed by atoms with Gasteiger partial charge in [0.2, 0.25) is 0 Å². The second-order valence-corrected chi connectivity index (χ2v) is 4.68. The van der Waals surface area contributed by atoms with Crippen molar-refractivity contribution < 1.29 is 0 Å². The Balaban J connectivity index is 0.000000636. The van der Waals surface area contributed by atoms with Crippen LogP contribution < -0.4 is 0 Å². The van der Waals surface area contributed by atoms with Gasteiger partial charge in [-0.3, -0.25) is 5.10 Å². The minimum atomic E-state index is 1.02. The largest absolute Gasteiger partial charge is 0.277 e. The molecule has 0 spiro atoms. The maximum atomic E-state index is 4.46. The van der Waals surface area contributed by atoms with Gasteiger partial charge in [-0.2, -0.15) is 5.10 Å². The lowest BCUT2D eigenvalue weighted by Gasteiger charge is -2.00. The van der Waals surface area contributed by atoms with Gasteiger partial charge < -0.3 is 0 Å². The summed E-state index contributed by atoms with van der Waals surface area (Å²) in [5.41, 5.74) is 3.24. The molecule has 1 N–H and O–H groups in total. The third-order valence-corrected chi connectivity index (χ3v) is 3.48. The van der Waals surface area contributed by atoms with Crippen molar-refractivity contribution in [3.05, 3.63) is 66.7 Å². The van der Waals surface area contributed by atoms with E-state index in [0.29, 0.717) is 0 Å². The number of nitrogens with zero attached hydrogens (tertiary/aromatic N) is 1. The fourth-order valence-corrected chi connectivity index (χ4v) is 2.52. The van der Waals surface area contributed by atoms with Gasteiger partial charge in [0.15, 0.2) is 0 Å². The van der Waals surface area contributed by atoms with Crippen molar-refractivity contribution >= 4 is 21.7 Å². The molecule has 3 aromatic carbocycles. The molecule has 104 valence electrons. The molecule has 0 unspecified atom stereocenters. The lowest BCUT2D eigenvalue weighted by atomic mass is 10.0. The number of aromatic amines is 1. The number of benzene rings is 3. The summed E-state index contributed by atoms with van der Waals surface area (Å²) >= 11 is 0. The molecule has 1 heterocycles. The van der Waals surface area contributed by atoms with Crippen LogP contribution in [0.3, 0.4) is 0 Å². The molecule has 21 heavy (non-hydrogen) atoms. The Labute approximate surface area is 124 Å². The van der Waals surface area contributed by atoms with Crippen molar-refractivity contribution in [3.63, 3.8) is 0 Å². The first-order chi connectivity index (χ1) is 10.4. The molecule has 1 aromatic heterocycles. The summed E-state index contributed by atoms with van der Waals surface area (Å²) in [7, 11) is 0. The van der Waals surface area contributed by atoms with Crippen LogP contribution in [-0.4, -0.2) is 10.2 Å². The monoisotopic (exact) mass is 274 g/mol. The summed E-state index contributed by atoms with van der Waals surface area (Å²) in [6, 6.07) is 23.0. The average molecular weight is 274 g/mol. The predicted octanol–water partition coefficient (Wildman–Crippen LogP) is 5.41. The molecule has 2 nitrogen and oxygen atoms in total. The predicted molar refractivity (Wildman–Crippen MR) is 90.4 cm³/mol. The van der Waals surface area contributed by atoms with Crippen molar-refractivity contribution in [3.8, 4) is 11.3 Å². The highest BCUT2D eigenvalue weighted by Crippen LogP contribution is 2.29. The first kappa shape index (κ1) is 13.4. The van der Waals surface area contributed by atoms with Crippen molar-refractivity contribution in [1.82, 2.24) is 10.2 Å². The van der Waals surface area contributed by atoms with E-state index in [0.717, 1.165) is 16.8 Å². The van der Waals surface area contributed by atoms with Gasteiger partial charge in [0, 0.05) is 10.9 Å². The number of H-pyrrole nitrogens is 1. The van der Waals surface area contributed by atoms with Crippen molar-refractivity contribution in [1.29, 1.82) is 0 Å². The minimum Gasteiger partial charge on any atom is -0.277 e. The zero-order chi connectivity index (χ0) is 14.7. The highest BCUT2D eigenvalue weighted by molar-refractivity contribution is 6.02. The molecule has 0 radical (unpaired) electrons. The van der Waals surface area contributed by atoms with E-state index in [1.807, 2.05) is 32.0 Å². The van der Waals surface area contributed by atoms with Gasteiger partial charge in [-0.05, 0) is 22.9 Å². The first-order valence-corrected chi connectivity index (χ1v) is 7.34. The summed E-state index contributed by atoms with van der Waals surface area (Å²) in [5, 5.41) is 11.2. The van der Waals surface area contributed by atoms with Crippen molar-refractivity contribution in [2.45, 2.75) is 13.8 Å². The fraction of sp³-hybridized carbons (Fsp3) is 0.105. The number of fused-ring (bicyclic) bond motifs is 2. The summed E-state index contributed by atoms with van der Waals surface area (Å²) in [6.07, 6.45) is 0. The second kappa shape index (κ2) is 5.80. The van der Waals surface area contributed by atoms with Crippen LogP contribution in [0.4, 0.5) is 0 Å². The lowest BCUT2D eigenvalue weighted by molar-refractivity contribution is 1.12. The van der Waals surface area contributed by atoms with Gasteiger partial charge in [-0.15, -0.1) is 0 Å². The second-order valence-electron chi connectivity index (χ2n) is 4.68. The van der Waals surface area contributed by atoms with Crippen LogP contribution in [0.15, 0.2) is 66.7 Å². The molecule has 0 aliphatic rings. The highest BCUT2D eigenvalue weighted by Gasteiger charge is 2.08. The Morgan fingerprint density at radius 3 is 2.10 bits per heavy atom. The molecule has 0 atom stereocenters. The minimum absolute atomic E-state index is 1.02. The summed E-state index contributed by atoms with van der Waals surface area (Å²) in [6.45, 7) is 4.00. The Morgan fingerprint density at radius 2 is 1.38 bits per heavy atom. The molecular weight excluding hydrogens is 256 g/mol. The smallest absolute Gasteiger partial charge is 0.0999 e. The first-order valence-electron chi connectivity index (χ1n) is 7.34. The molecule has 0 aliphatic heterocycles. The van der Waals surface area contributed by atoms with E-state index < -0.39 is 0 Å². The van der Waals surface area contributed by atoms with E-state index in [9.17, 15) is 0 Å². The SMILES string of the molecule is CC.c1ccc(-c2n[nH]c3cc4ccccc4cc23)cc1. The van der Waals surface area contributed by atoms with Gasteiger partial charge in [0.05, 0.1) is 11.2 Å². The topological polar surface area (TPSA) is 28.7 Å². The zero-order valence-electron chi connectivity index (χ0n) is 12.3. The molecule has 0 bridgehead atoms. The Bertz CT molecular complexity index is 860. The molecule has 0 aliphatic carbocycles. The highest BCUT2D eigenvalue weighted by atomic mass is 15.1. The molecular formula is C19H18N2. The van der Waals surface area contributed by atoms with Crippen LogP contribution in [0, 0.1) is 0 Å². The van der Waals surface area contributed by atoms with Crippen LogP contribution in [-0.2, 0) is 0 Å². The summed E-state index contributed by atoms with van der Waals surface area (Å²) < 4.78 is 0. The van der Waals surface area contributed by atoms with Gasteiger partial charge >= 0.3 is 0 Å². The van der Waals surface area contributed by atoms with Crippen LogP contribution in [0.1, 0.15) is 13.8 Å². The third-order valence-electron chi connectivity index (χ3n) is 3.48. The molecule has 0 saturated carbocycles. The molecule has 0 fully saturated rings. The quantitative estimate of drug-likeness (QED) is 0.494. The normalized spacial score (nSPS) is 10.4. The number of hydrogen-bond acceptors (Lipinski definition) is 1. The van der Waals surface area contributed by atoms with Gasteiger partial charge in [-0.1, -0.05) is 68.4 Å². The molecule has 4 aromatic rings. The van der Waals surface area contributed by atoms with E-state index in [4.69, 9.17) is 0 Å².